The van der Waals surface area contributed by atoms with Crippen molar-refractivity contribution in [2.24, 2.45) is 4.99 Å². The van der Waals surface area contributed by atoms with Crippen molar-refractivity contribution in [1.29, 1.82) is 0 Å². The van der Waals surface area contributed by atoms with Crippen molar-refractivity contribution < 1.29 is 4.74 Å². The number of benzene rings is 1. The second kappa shape index (κ2) is 11.5. The van der Waals surface area contributed by atoms with Gasteiger partial charge in [0.1, 0.15) is 5.01 Å². The first kappa shape index (κ1) is 21.9. The van der Waals surface area contributed by atoms with Crippen LogP contribution in [0.5, 0.6) is 0 Å². The highest BCUT2D eigenvalue weighted by Gasteiger charge is 2.10. The number of ether oxygens (including phenoxy) is 1. The summed E-state index contributed by atoms with van der Waals surface area (Å²) in [6.07, 6.45) is 2.99. The van der Waals surface area contributed by atoms with Gasteiger partial charge in [-0.05, 0) is 24.1 Å². The van der Waals surface area contributed by atoms with Crippen LogP contribution < -0.4 is 15.5 Å². The summed E-state index contributed by atoms with van der Waals surface area (Å²) in [4.78, 5) is 12.4. The smallest absolute Gasteiger partial charge is 0.191 e. The first-order valence-corrected chi connectivity index (χ1v) is 9.90. The molecule has 0 aliphatic carbocycles. The maximum atomic E-state index is 5.41. The molecular formula is C19H28IN5OS. The molecule has 0 radical (unpaired) electrons. The number of anilines is 1. The van der Waals surface area contributed by atoms with E-state index >= 15 is 0 Å². The lowest BCUT2D eigenvalue weighted by atomic mass is 10.2. The van der Waals surface area contributed by atoms with Gasteiger partial charge in [-0.2, -0.15) is 0 Å². The van der Waals surface area contributed by atoms with Crippen LogP contribution >= 0.6 is 35.3 Å². The van der Waals surface area contributed by atoms with Crippen molar-refractivity contribution in [2.45, 2.75) is 26.4 Å². The highest BCUT2D eigenvalue weighted by Crippen LogP contribution is 2.16. The van der Waals surface area contributed by atoms with Crippen molar-refractivity contribution >= 4 is 47.0 Å². The van der Waals surface area contributed by atoms with E-state index in [-0.39, 0.29) is 24.0 Å². The second-order valence-electron chi connectivity index (χ2n) is 6.12. The summed E-state index contributed by atoms with van der Waals surface area (Å²) >= 11 is 1.74. The highest BCUT2D eigenvalue weighted by molar-refractivity contribution is 14.0. The van der Waals surface area contributed by atoms with Crippen molar-refractivity contribution in [3.63, 3.8) is 0 Å². The molecule has 1 aliphatic heterocycles. The molecule has 0 spiro atoms. The Morgan fingerprint density at radius 1 is 1.19 bits per heavy atom. The van der Waals surface area contributed by atoms with Crippen LogP contribution in [0.1, 0.15) is 22.4 Å². The Hall–Kier alpha value is -1.39. The number of rotatable bonds is 6. The zero-order valence-corrected chi connectivity index (χ0v) is 19.0. The molecule has 3 rings (SSSR count). The minimum atomic E-state index is 0. The summed E-state index contributed by atoms with van der Waals surface area (Å²) in [6.45, 7) is 7.13. The molecule has 8 heteroatoms. The largest absolute Gasteiger partial charge is 0.378 e. The van der Waals surface area contributed by atoms with Crippen LogP contribution in [-0.2, 0) is 24.2 Å². The summed E-state index contributed by atoms with van der Waals surface area (Å²) in [7, 11) is 1.79. The third-order valence-electron chi connectivity index (χ3n) is 4.35. The number of thiazole rings is 1. The van der Waals surface area contributed by atoms with E-state index in [1.165, 1.54) is 16.1 Å². The Morgan fingerprint density at radius 2 is 1.89 bits per heavy atom. The number of halogens is 1. The Kier molecular flexibility index (Phi) is 9.29. The zero-order valence-electron chi connectivity index (χ0n) is 15.9. The maximum Gasteiger partial charge on any atom is 0.191 e. The number of hydrogen-bond donors (Lipinski definition) is 2. The second-order valence-corrected chi connectivity index (χ2v) is 7.32. The molecule has 1 aromatic heterocycles. The van der Waals surface area contributed by atoms with E-state index in [0.717, 1.165) is 50.2 Å². The topological polar surface area (TPSA) is 61.8 Å². The van der Waals surface area contributed by atoms with Gasteiger partial charge in [-0.3, -0.25) is 4.99 Å². The van der Waals surface area contributed by atoms with Crippen LogP contribution in [-0.4, -0.2) is 44.3 Å². The lowest BCUT2D eigenvalue weighted by molar-refractivity contribution is 0.122. The van der Waals surface area contributed by atoms with E-state index in [0.29, 0.717) is 6.54 Å². The van der Waals surface area contributed by atoms with Gasteiger partial charge in [-0.25, -0.2) is 4.98 Å². The molecule has 2 aromatic rings. The maximum absolute atomic E-state index is 5.41. The lowest BCUT2D eigenvalue weighted by Crippen LogP contribution is -2.36. The van der Waals surface area contributed by atoms with Crippen LogP contribution in [0, 0.1) is 0 Å². The number of morpholine rings is 1. The number of guanidine groups is 1. The minimum Gasteiger partial charge on any atom is -0.378 e. The standard InChI is InChI=1S/C19H27N5OS.HI/c1-3-17-13-21-18(26-17)14-23-19(20-2)22-12-15-4-6-16(7-5-15)24-8-10-25-11-9-24;/h4-7,13H,3,8-12,14H2,1-2H3,(H2,20,22,23);1H. The number of nitrogens with zero attached hydrogens (tertiary/aromatic N) is 3. The van der Waals surface area contributed by atoms with Gasteiger partial charge in [0.05, 0.1) is 19.8 Å². The molecule has 0 amide bonds. The molecule has 0 saturated carbocycles. The predicted octanol–water partition coefficient (Wildman–Crippen LogP) is 3.03. The van der Waals surface area contributed by atoms with E-state index < -0.39 is 0 Å². The fourth-order valence-corrected chi connectivity index (χ4v) is 3.61. The average molecular weight is 501 g/mol. The molecule has 1 saturated heterocycles. The van der Waals surface area contributed by atoms with Crippen LogP contribution in [0.15, 0.2) is 35.5 Å². The van der Waals surface area contributed by atoms with Gasteiger partial charge in [0.25, 0.3) is 0 Å². The van der Waals surface area contributed by atoms with Gasteiger partial charge in [0.15, 0.2) is 5.96 Å². The lowest BCUT2D eigenvalue weighted by Gasteiger charge is -2.28. The van der Waals surface area contributed by atoms with Crippen LogP contribution in [0.2, 0.25) is 0 Å². The van der Waals surface area contributed by atoms with Crippen molar-refractivity contribution in [1.82, 2.24) is 15.6 Å². The summed E-state index contributed by atoms with van der Waals surface area (Å²) in [5.74, 6) is 0.788. The Bertz CT molecular complexity index is 713. The Morgan fingerprint density at radius 3 is 2.52 bits per heavy atom. The summed E-state index contributed by atoms with van der Waals surface area (Å²) in [6, 6.07) is 8.69. The molecule has 1 fully saturated rings. The van der Waals surface area contributed by atoms with E-state index in [1.54, 1.807) is 18.4 Å². The zero-order chi connectivity index (χ0) is 18.2. The molecule has 1 aliphatic rings. The summed E-state index contributed by atoms with van der Waals surface area (Å²) in [5.41, 5.74) is 2.49. The van der Waals surface area contributed by atoms with Gasteiger partial charge >= 0.3 is 0 Å². The third-order valence-corrected chi connectivity index (χ3v) is 5.49. The first-order chi connectivity index (χ1) is 12.8. The number of hydrogen-bond acceptors (Lipinski definition) is 5. The fourth-order valence-electron chi connectivity index (χ4n) is 2.81. The highest BCUT2D eigenvalue weighted by atomic mass is 127. The van der Waals surface area contributed by atoms with E-state index in [1.807, 2.05) is 6.20 Å². The molecular weight excluding hydrogens is 473 g/mol. The van der Waals surface area contributed by atoms with Crippen molar-refractivity contribution in [3.05, 3.63) is 45.9 Å². The number of nitrogens with one attached hydrogen (secondary N) is 2. The van der Waals surface area contributed by atoms with Gasteiger partial charge in [0, 0.05) is 43.4 Å². The quantitative estimate of drug-likeness (QED) is 0.362. The number of aliphatic imine (C=N–C) groups is 1. The molecule has 2 N–H and O–H groups in total. The van der Waals surface area contributed by atoms with Gasteiger partial charge in [-0.1, -0.05) is 19.1 Å². The van der Waals surface area contributed by atoms with Gasteiger partial charge in [-0.15, -0.1) is 35.3 Å². The molecule has 0 unspecified atom stereocenters. The predicted molar refractivity (Wildman–Crippen MR) is 123 cm³/mol. The minimum absolute atomic E-state index is 0. The monoisotopic (exact) mass is 501 g/mol. The van der Waals surface area contributed by atoms with Crippen molar-refractivity contribution in [2.75, 3.05) is 38.3 Å². The Labute approximate surface area is 182 Å². The normalized spacial score (nSPS) is 14.6. The first-order valence-electron chi connectivity index (χ1n) is 9.08. The molecule has 0 bridgehead atoms. The van der Waals surface area contributed by atoms with E-state index in [9.17, 15) is 0 Å². The van der Waals surface area contributed by atoms with Crippen LogP contribution in [0.4, 0.5) is 5.69 Å². The van der Waals surface area contributed by atoms with E-state index in [2.05, 4.69) is 56.7 Å². The molecule has 1 aromatic carbocycles. The van der Waals surface area contributed by atoms with Crippen LogP contribution in [0.25, 0.3) is 0 Å². The van der Waals surface area contributed by atoms with Crippen LogP contribution in [0.3, 0.4) is 0 Å². The van der Waals surface area contributed by atoms with Gasteiger partial charge in [0.2, 0.25) is 0 Å². The SMILES string of the molecule is CCc1cnc(CNC(=NC)NCc2ccc(N3CCOCC3)cc2)s1.I. The summed E-state index contributed by atoms with van der Waals surface area (Å²) < 4.78 is 5.41. The number of aryl methyl sites for hydroxylation is 1. The third kappa shape index (κ3) is 6.62. The molecule has 2 heterocycles. The Balaban J connectivity index is 0.00000261. The average Bonchev–Trinajstić information content (AvgIpc) is 3.17. The molecule has 27 heavy (non-hydrogen) atoms. The van der Waals surface area contributed by atoms with Gasteiger partial charge < -0.3 is 20.3 Å². The fraction of sp³-hybridized carbons (Fsp3) is 0.474. The number of aromatic nitrogens is 1. The molecule has 0 atom stereocenters. The van der Waals surface area contributed by atoms with Crippen molar-refractivity contribution in [3.8, 4) is 0 Å². The molecule has 148 valence electrons. The molecule has 6 nitrogen and oxygen atoms in total. The summed E-state index contributed by atoms with van der Waals surface area (Å²) in [5, 5.41) is 7.76. The van der Waals surface area contributed by atoms with E-state index in [4.69, 9.17) is 4.74 Å².